The number of Topliss-reactive ketones (excluding diaryl/α,β-unsaturated/α-hetero) is 1. The number of pyridine rings is 1. The second kappa shape index (κ2) is 8.31. The number of thiophene rings is 1. The third-order valence-corrected chi connectivity index (χ3v) is 6.81. The molecule has 0 amide bonds. The van der Waals surface area contributed by atoms with Gasteiger partial charge in [-0.15, -0.1) is 11.3 Å². The van der Waals surface area contributed by atoms with Crippen LogP contribution in [0.5, 0.6) is 0 Å². The largest absolute Gasteiger partial charge is 0.293 e. The molecule has 7 heteroatoms. The van der Waals surface area contributed by atoms with Crippen molar-refractivity contribution in [1.82, 2.24) is 14.5 Å². The molecule has 0 aliphatic rings. The van der Waals surface area contributed by atoms with Crippen molar-refractivity contribution in [2.45, 2.75) is 25.5 Å². The summed E-state index contributed by atoms with van der Waals surface area (Å²) in [5, 5.41) is 1.20. The van der Waals surface area contributed by atoms with Gasteiger partial charge in [0.05, 0.1) is 23.4 Å². The third kappa shape index (κ3) is 4.02. The van der Waals surface area contributed by atoms with Crippen LogP contribution in [-0.4, -0.2) is 26.1 Å². The first kappa shape index (κ1) is 19.5. The number of thioether (sulfide) groups is 1. The molecule has 3 aromatic heterocycles. The Morgan fingerprint density at radius 3 is 2.59 bits per heavy atom. The molecule has 4 rings (SSSR count). The van der Waals surface area contributed by atoms with Crippen molar-refractivity contribution in [1.29, 1.82) is 0 Å². The molecule has 0 radical (unpaired) electrons. The standard InChI is InChI=1S/C22H19N3O2S2/c1-14-15(2)29-20-19(14)21(27)25(12-17-10-6-7-11-23-17)22(24-20)28-13-18(26)16-8-4-3-5-9-16/h3-11H,12-13H2,1-2H3. The predicted octanol–water partition coefficient (Wildman–Crippen LogP) is 4.49. The van der Waals surface area contributed by atoms with Crippen LogP contribution in [-0.2, 0) is 6.54 Å². The highest BCUT2D eigenvalue weighted by Gasteiger charge is 2.18. The molecule has 0 N–H and O–H groups in total. The van der Waals surface area contributed by atoms with Gasteiger partial charge in [-0.1, -0.05) is 48.2 Å². The molecule has 0 unspecified atom stereocenters. The Bertz CT molecular complexity index is 1230. The Kier molecular flexibility index (Phi) is 5.60. The second-order valence-corrected chi connectivity index (χ2v) is 8.79. The molecule has 0 aliphatic heterocycles. The molecule has 0 bridgehead atoms. The maximum Gasteiger partial charge on any atom is 0.263 e. The smallest absolute Gasteiger partial charge is 0.263 e. The minimum atomic E-state index is -0.0860. The van der Waals surface area contributed by atoms with E-state index < -0.39 is 0 Å². The number of rotatable bonds is 6. The van der Waals surface area contributed by atoms with Crippen molar-refractivity contribution in [3.8, 4) is 0 Å². The number of aryl methyl sites for hydroxylation is 2. The van der Waals surface area contributed by atoms with E-state index in [0.717, 1.165) is 21.0 Å². The summed E-state index contributed by atoms with van der Waals surface area (Å²) in [7, 11) is 0. The van der Waals surface area contributed by atoms with Crippen LogP contribution >= 0.6 is 23.1 Å². The van der Waals surface area contributed by atoms with Gasteiger partial charge in [0, 0.05) is 16.6 Å². The molecule has 0 saturated heterocycles. The number of aromatic nitrogens is 3. The molecule has 146 valence electrons. The van der Waals surface area contributed by atoms with Gasteiger partial charge < -0.3 is 0 Å². The molecule has 3 heterocycles. The van der Waals surface area contributed by atoms with E-state index in [1.54, 1.807) is 22.9 Å². The van der Waals surface area contributed by atoms with E-state index in [0.29, 0.717) is 22.7 Å². The van der Waals surface area contributed by atoms with Gasteiger partial charge >= 0.3 is 0 Å². The Balaban J connectivity index is 1.74. The fraction of sp³-hybridized carbons (Fsp3) is 0.182. The summed E-state index contributed by atoms with van der Waals surface area (Å²) in [6, 6.07) is 14.8. The summed E-state index contributed by atoms with van der Waals surface area (Å²) >= 11 is 2.81. The minimum absolute atomic E-state index is 0.00729. The maximum absolute atomic E-state index is 13.3. The average Bonchev–Trinajstić information content (AvgIpc) is 3.03. The first-order chi connectivity index (χ1) is 14.0. The highest BCUT2D eigenvalue weighted by molar-refractivity contribution is 7.99. The highest BCUT2D eigenvalue weighted by atomic mass is 32.2. The Morgan fingerprint density at radius 1 is 1.10 bits per heavy atom. The number of hydrogen-bond acceptors (Lipinski definition) is 6. The number of nitrogens with zero attached hydrogens (tertiary/aromatic N) is 3. The van der Waals surface area contributed by atoms with E-state index in [9.17, 15) is 9.59 Å². The van der Waals surface area contributed by atoms with Crippen LogP contribution in [0.15, 0.2) is 64.7 Å². The number of carbonyl (C=O) groups excluding carboxylic acids is 1. The predicted molar refractivity (Wildman–Crippen MR) is 118 cm³/mol. The fourth-order valence-corrected chi connectivity index (χ4v) is 5.01. The maximum atomic E-state index is 13.3. The van der Waals surface area contributed by atoms with Crippen molar-refractivity contribution >= 4 is 39.1 Å². The molecular formula is C22H19N3O2S2. The van der Waals surface area contributed by atoms with Crippen LogP contribution in [0.4, 0.5) is 0 Å². The third-order valence-electron chi connectivity index (χ3n) is 4.73. The topological polar surface area (TPSA) is 64.8 Å². The lowest BCUT2D eigenvalue weighted by Crippen LogP contribution is -2.24. The number of ketones is 1. The Labute approximate surface area is 176 Å². The summed E-state index contributed by atoms with van der Waals surface area (Å²) < 4.78 is 1.63. The van der Waals surface area contributed by atoms with E-state index in [1.807, 2.05) is 50.2 Å². The van der Waals surface area contributed by atoms with Crippen molar-refractivity contribution in [3.63, 3.8) is 0 Å². The zero-order valence-electron chi connectivity index (χ0n) is 16.1. The quantitative estimate of drug-likeness (QED) is 0.261. The minimum Gasteiger partial charge on any atom is -0.293 e. The van der Waals surface area contributed by atoms with E-state index in [-0.39, 0.29) is 17.1 Å². The van der Waals surface area contributed by atoms with Gasteiger partial charge in [-0.25, -0.2) is 4.98 Å². The van der Waals surface area contributed by atoms with Crippen LogP contribution in [0.25, 0.3) is 10.2 Å². The average molecular weight is 422 g/mol. The van der Waals surface area contributed by atoms with Crippen molar-refractivity contribution in [2.24, 2.45) is 0 Å². The van der Waals surface area contributed by atoms with Crippen LogP contribution in [0.3, 0.4) is 0 Å². The van der Waals surface area contributed by atoms with Crippen molar-refractivity contribution in [2.75, 3.05) is 5.75 Å². The molecule has 5 nitrogen and oxygen atoms in total. The lowest BCUT2D eigenvalue weighted by atomic mass is 10.2. The van der Waals surface area contributed by atoms with Gasteiger partial charge in [-0.2, -0.15) is 0 Å². The van der Waals surface area contributed by atoms with Gasteiger partial charge in [0.1, 0.15) is 4.83 Å². The first-order valence-electron chi connectivity index (χ1n) is 9.16. The van der Waals surface area contributed by atoms with Crippen LogP contribution in [0, 0.1) is 13.8 Å². The number of fused-ring (bicyclic) bond motifs is 1. The number of carbonyl (C=O) groups is 1. The van der Waals surface area contributed by atoms with Gasteiger partial charge in [-0.05, 0) is 31.5 Å². The lowest BCUT2D eigenvalue weighted by Gasteiger charge is -2.12. The van der Waals surface area contributed by atoms with E-state index in [1.165, 1.54) is 23.1 Å². The second-order valence-electron chi connectivity index (χ2n) is 6.65. The summed E-state index contributed by atoms with van der Waals surface area (Å²) in [4.78, 5) is 36.7. The highest BCUT2D eigenvalue weighted by Crippen LogP contribution is 2.28. The summed E-state index contributed by atoms with van der Waals surface area (Å²) in [6.45, 7) is 4.27. The molecule has 0 saturated carbocycles. The summed E-state index contributed by atoms with van der Waals surface area (Å²) in [6.07, 6.45) is 1.71. The van der Waals surface area contributed by atoms with Crippen LogP contribution < -0.4 is 5.56 Å². The zero-order valence-corrected chi connectivity index (χ0v) is 17.7. The normalized spacial score (nSPS) is 11.1. The van der Waals surface area contributed by atoms with Gasteiger partial charge in [-0.3, -0.25) is 19.1 Å². The SMILES string of the molecule is Cc1sc2nc(SCC(=O)c3ccccc3)n(Cc3ccccn3)c(=O)c2c1C. The number of hydrogen-bond donors (Lipinski definition) is 0. The zero-order chi connectivity index (χ0) is 20.4. The lowest BCUT2D eigenvalue weighted by molar-refractivity contribution is 0.102. The Hall–Kier alpha value is -2.77. The van der Waals surface area contributed by atoms with E-state index >= 15 is 0 Å². The first-order valence-corrected chi connectivity index (χ1v) is 11.0. The van der Waals surface area contributed by atoms with Gasteiger partial charge in [0.15, 0.2) is 10.9 Å². The fourth-order valence-electron chi connectivity index (χ4n) is 3.05. The molecular weight excluding hydrogens is 402 g/mol. The number of benzene rings is 1. The molecule has 0 aliphatic carbocycles. The van der Waals surface area contributed by atoms with Crippen LogP contribution in [0.2, 0.25) is 0 Å². The monoisotopic (exact) mass is 421 g/mol. The Morgan fingerprint density at radius 2 is 1.86 bits per heavy atom. The molecule has 0 fully saturated rings. The molecule has 4 aromatic rings. The summed E-state index contributed by atoms with van der Waals surface area (Å²) in [5.74, 6) is 0.223. The molecule has 1 aromatic carbocycles. The van der Waals surface area contributed by atoms with Crippen molar-refractivity contribution < 1.29 is 4.79 Å². The van der Waals surface area contributed by atoms with Crippen LogP contribution in [0.1, 0.15) is 26.5 Å². The van der Waals surface area contributed by atoms with E-state index in [2.05, 4.69) is 4.98 Å². The molecule has 0 spiro atoms. The van der Waals surface area contributed by atoms with Crippen molar-refractivity contribution in [3.05, 3.63) is 86.8 Å². The molecule has 29 heavy (non-hydrogen) atoms. The van der Waals surface area contributed by atoms with Gasteiger partial charge in [0.2, 0.25) is 0 Å². The van der Waals surface area contributed by atoms with Gasteiger partial charge in [0.25, 0.3) is 5.56 Å². The van der Waals surface area contributed by atoms with E-state index in [4.69, 9.17) is 4.98 Å². The molecule has 0 atom stereocenters. The summed E-state index contributed by atoms with van der Waals surface area (Å²) in [5.41, 5.74) is 2.31.